The van der Waals surface area contributed by atoms with Gasteiger partial charge in [-0.2, -0.15) is 23.5 Å². The zero-order valence-corrected chi connectivity index (χ0v) is 21.0. The largest absolute Gasteiger partial charge is 0.412 e. The van der Waals surface area contributed by atoms with E-state index < -0.39 is 12.0 Å². The summed E-state index contributed by atoms with van der Waals surface area (Å²) in [5.41, 5.74) is 6.51. The minimum absolute atomic E-state index is 0. The average Bonchev–Trinajstić information content (AvgIpc) is 3.23. The Bertz CT molecular complexity index is 828. The van der Waals surface area contributed by atoms with Gasteiger partial charge in [0.15, 0.2) is 6.23 Å². The van der Waals surface area contributed by atoms with Gasteiger partial charge in [0.1, 0.15) is 18.5 Å². The molecule has 3 atom stereocenters. The fourth-order valence-electron chi connectivity index (χ4n) is 2.60. The number of nitrogens with one attached hydrogen (secondary N) is 1. The molecule has 1 saturated heterocycles. The first kappa shape index (κ1) is 38.2. The van der Waals surface area contributed by atoms with E-state index in [0.29, 0.717) is 6.42 Å². The van der Waals surface area contributed by atoms with E-state index in [1.165, 1.54) is 0 Å². The lowest BCUT2D eigenvalue weighted by molar-refractivity contribution is -0.126. The summed E-state index contributed by atoms with van der Waals surface area (Å²) in [7, 11) is 0. The molecule has 0 bridgehead atoms. The maximum absolute atomic E-state index is 11.6. The summed E-state index contributed by atoms with van der Waals surface area (Å²) < 4.78 is 5.69. The number of benzene rings is 2. The van der Waals surface area contributed by atoms with Crippen molar-refractivity contribution in [1.29, 1.82) is 0 Å². The van der Waals surface area contributed by atoms with Crippen molar-refractivity contribution in [1.82, 2.24) is 5.32 Å². The highest BCUT2D eigenvalue weighted by Crippen LogP contribution is 2.23. The lowest BCUT2D eigenvalue weighted by Crippen LogP contribution is -2.28. The number of hydrogen-bond acceptors (Lipinski definition) is 7. The molecule has 0 aliphatic carbocycles. The zero-order chi connectivity index (χ0) is 24.5. The second kappa shape index (κ2) is 23.1. The fraction of sp³-hybridized carbons (Fsp3) is 0.423. The molecule has 10 heteroatoms. The maximum atomic E-state index is 11.6. The number of hydrogen-bond donors (Lipinski definition) is 3. The molecular formula is C26H42N2O6S2. The van der Waals surface area contributed by atoms with Crippen LogP contribution in [-0.2, 0) is 14.3 Å². The molecule has 1 aliphatic heterocycles. The van der Waals surface area contributed by atoms with Crippen molar-refractivity contribution in [3.8, 4) is 0 Å². The SMILES string of the molecule is C.C.CSCCC(O)C(N)=O.CSCCC1OC(c2ccccc2)NC1=O.O.O=Cc1ccccc1. The van der Waals surface area contributed by atoms with E-state index in [1.54, 1.807) is 35.7 Å². The van der Waals surface area contributed by atoms with Crippen molar-refractivity contribution >= 4 is 41.6 Å². The molecule has 3 rings (SSSR count). The first-order valence-corrected chi connectivity index (χ1v) is 13.2. The lowest BCUT2D eigenvalue weighted by atomic mass is 10.2. The van der Waals surface area contributed by atoms with Crippen LogP contribution >= 0.6 is 23.5 Å². The summed E-state index contributed by atoms with van der Waals surface area (Å²) >= 11 is 3.31. The molecule has 0 aromatic heterocycles. The minimum Gasteiger partial charge on any atom is -0.412 e. The van der Waals surface area contributed by atoms with E-state index in [1.807, 2.05) is 61.0 Å². The number of primary amides is 1. The highest BCUT2D eigenvalue weighted by molar-refractivity contribution is 7.98. The van der Waals surface area contributed by atoms with Crippen molar-refractivity contribution in [2.45, 2.75) is 46.1 Å². The van der Waals surface area contributed by atoms with E-state index in [4.69, 9.17) is 15.6 Å². The van der Waals surface area contributed by atoms with Gasteiger partial charge in [0, 0.05) is 11.1 Å². The second-order valence-electron chi connectivity index (χ2n) is 6.93. The Hall–Kier alpha value is -2.37. The average molecular weight is 543 g/mol. The van der Waals surface area contributed by atoms with E-state index in [9.17, 15) is 14.4 Å². The molecule has 2 aromatic rings. The molecule has 0 spiro atoms. The molecule has 3 unspecified atom stereocenters. The minimum atomic E-state index is -0.961. The van der Waals surface area contributed by atoms with Gasteiger partial charge in [-0.15, -0.1) is 0 Å². The summed E-state index contributed by atoms with van der Waals surface area (Å²) in [6, 6.07) is 18.9. The molecular weight excluding hydrogens is 500 g/mol. The molecule has 6 N–H and O–H groups in total. The molecule has 1 fully saturated rings. The van der Waals surface area contributed by atoms with Gasteiger partial charge in [-0.05, 0) is 36.9 Å². The van der Waals surface area contributed by atoms with Crippen LogP contribution < -0.4 is 11.1 Å². The molecule has 204 valence electrons. The Morgan fingerprint density at radius 1 is 1.06 bits per heavy atom. The van der Waals surface area contributed by atoms with Crippen LogP contribution in [0.25, 0.3) is 0 Å². The summed E-state index contributed by atoms with van der Waals surface area (Å²) in [5, 5.41) is 11.6. The van der Waals surface area contributed by atoms with Gasteiger partial charge in [0.05, 0.1) is 0 Å². The molecule has 36 heavy (non-hydrogen) atoms. The van der Waals surface area contributed by atoms with Crippen LogP contribution in [0.3, 0.4) is 0 Å². The van der Waals surface area contributed by atoms with Gasteiger partial charge < -0.3 is 26.4 Å². The number of nitrogens with two attached hydrogens (primary N) is 1. The monoisotopic (exact) mass is 542 g/mol. The second-order valence-corrected chi connectivity index (χ2v) is 8.90. The van der Waals surface area contributed by atoms with Crippen LogP contribution in [0, 0.1) is 0 Å². The summed E-state index contributed by atoms with van der Waals surface area (Å²) in [6.07, 6.45) is 4.47. The fourth-order valence-corrected chi connectivity index (χ4v) is 3.51. The summed E-state index contributed by atoms with van der Waals surface area (Å²) in [6.45, 7) is 0. The third-order valence-electron chi connectivity index (χ3n) is 4.41. The standard InChI is InChI=1S/C12H15NO2S.C7H6O.C5H11NO2S.2CH4.H2O/c1-16-8-7-10-11(14)13-12(15-10)9-5-3-2-4-6-9;8-6-7-4-2-1-3-5-7;1-9-3-2-4(7)5(6)8;;;/h2-6,10,12H,7-8H2,1H3,(H,13,14);1-6H;4,7H,2-3H2,1H3,(H2,6,8);2*1H4;1H2. The first-order chi connectivity index (χ1) is 15.9. The smallest absolute Gasteiger partial charge is 0.251 e. The van der Waals surface area contributed by atoms with Gasteiger partial charge in [0.25, 0.3) is 5.91 Å². The number of rotatable bonds is 9. The Labute approximate surface area is 224 Å². The molecule has 1 aliphatic rings. The third-order valence-corrected chi connectivity index (χ3v) is 5.70. The normalized spacial score (nSPS) is 16.0. The number of carbonyl (C=O) groups excluding carboxylic acids is 3. The van der Waals surface area contributed by atoms with Gasteiger partial charge in [-0.25, -0.2) is 0 Å². The van der Waals surface area contributed by atoms with Crippen LogP contribution in [0.4, 0.5) is 0 Å². The van der Waals surface area contributed by atoms with E-state index in [0.717, 1.165) is 35.3 Å². The maximum Gasteiger partial charge on any atom is 0.251 e. The number of aliphatic hydroxyl groups excluding tert-OH is 1. The molecule has 2 amide bonds. The highest BCUT2D eigenvalue weighted by Gasteiger charge is 2.32. The number of thioether (sulfide) groups is 2. The first-order valence-electron chi connectivity index (χ1n) is 10.4. The number of carbonyl (C=O) groups is 3. The topological polar surface area (TPSA) is 150 Å². The Morgan fingerprint density at radius 2 is 1.58 bits per heavy atom. The quantitative estimate of drug-likeness (QED) is 0.410. The van der Waals surface area contributed by atoms with Crippen molar-refractivity contribution < 1.29 is 29.7 Å². The number of aldehydes is 1. The van der Waals surface area contributed by atoms with Gasteiger partial charge >= 0.3 is 0 Å². The Kier molecular flexibility index (Phi) is 24.4. The van der Waals surface area contributed by atoms with Crippen molar-refractivity contribution in [2.75, 3.05) is 24.0 Å². The Morgan fingerprint density at radius 3 is 2.03 bits per heavy atom. The number of amides is 2. The van der Waals surface area contributed by atoms with Crippen molar-refractivity contribution in [3.63, 3.8) is 0 Å². The van der Waals surface area contributed by atoms with Gasteiger partial charge in [-0.3, -0.25) is 14.4 Å². The predicted octanol–water partition coefficient (Wildman–Crippen LogP) is 3.49. The molecule has 0 radical (unpaired) electrons. The third kappa shape index (κ3) is 15.6. The number of ether oxygens (including phenoxy) is 1. The van der Waals surface area contributed by atoms with Crippen molar-refractivity contribution in [2.24, 2.45) is 5.73 Å². The molecule has 0 saturated carbocycles. The Balaban J connectivity index is -0.000000473. The van der Waals surface area contributed by atoms with E-state index in [2.05, 4.69) is 5.32 Å². The van der Waals surface area contributed by atoms with Crippen LogP contribution in [0.15, 0.2) is 60.7 Å². The zero-order valence-electron chi connectivity index (χ0n) is 19.4. The van der Waals surface area contributed by atoms with Crippen LogP contribution in [0.1, 0.15) is 49.8 Å². The van der Waals surface area contributed by atoms with Crippen molar-refractivity contribution in [3.05, 3.63) is 71.8 Å². The van der Waals surface area contributed by atoms with Gasteiger partial charge in [-0.1, -0.05) is 75.5 Å². The molecule has 8 nitrogen and oxygen atoms in total. The van der Waals surface area contributed by atoms with E-state index >= 15 is 0 Å². The molecule has 1 heterocycles. The van der Waals surface area contributed by atoms with Crippen LogP contribution in [0.2, 0.25) is 0 Å². The van der Waals surface area contributed by atoms with Crippen LogP contribution in [-0.4, -0.2) is 64.9 Å². The van der Waals surface area contributed by atoms with E-state index in [-0.39, 0.29) is 38.6 Å². The lowest BCUT2D eigenvalue weighted by Gasteiger charge is -2.10. The predicted molar refractivity (Wildman–Crippen MR) is 152 cm³/mol. The number of aliphatic hydroxyl groups is 1. The summed E-state index contributed by atoms with van der Waals surface area (Å²) in [4.78, 5) is 31.8. The van der Waals surface area contributed by atoms with Crippen LogP contribution in [0.5, 0.6) is 0 Å². The summed E-state index contributed by atoms with van der Waals surface area (Å²) in [5.74, 6) is 1.08. The highest BCUT2D eigenvalue weighted by atomic mass is 32.2. The van der Waals surface area contributed by atoms with Gasteiger partial charge in [0.2, 0.25) is 5.91 Å². The molecule has 2 aromatic carbocycles.